The molecule has 2 N–H and O–H groups in total. The molecule has 0 aliphatic carbocycles. The predicted molar refractivity (Wildman–Crippen MR) is 120 cm³/mol. The molecule has 1 atom stereocenters. The van der Waals surface area contributed by atoms with E-state index in [0.717, 1.165) is 31.6 Å². The second-order valence-corrected chi connectivity index (χ2v) is 7.81. The van der Waals surface area contributed by atoms with E-state index in [1.807, 2.05) is 6.07 Å². The zero-order chi connectivity index (χ0) is 20.5. The summed E-state index contributed by atoms with van der Waals surface area (Å²) in [6.45, 7) is 5.05. The van der Waals surface area contributed by atoms with Gasteiger partial charge in [0, 0.05) is 36.3 Å². The number of anilines is 2. The molecule has 6 nitrogen and oxygen atoms in total. The third-order valence-corrected chi connectivity index (χ3v) is 5.77. The molecule has 2 heterocycles. The van der Waals surface area contributed by atoms with Gasteiger partial charge in [-0.1, -0.05) is 6.07 Å². The van der Waals surface area contributed by atoms with Crippen LogP contribution in [0.15, 0.2) is 36.4 Å². The maximum absolute atomic E-state index is 12.8. The summed E-state index contributed by atoms with van der Waals surface area (Å²) in [5, 5.41) is 5.59. The number of Topliss-reactive ketones (excluding diaryl/α,β-unsaturated/α-hetero) is 1. The highest BCUT2D eigenvalue weighted by Crippen LogP contribution is 2.38. The molecule has 158 valence electrons. The van der Waals surface area contributed by atoms with Gasteiger partial charge >= 0.3 is 0 Å². The van der Waals surface area contributed by atoms with Gasteiger partial charge in [-0.3, -0.25) is 19.3 Å². The van der Waals surface area contributed by atoms with Gasteiger partial charge in [0.1, 0.15) is 0 Å². The molecule has 2 amide bonds. The lowest BCUT2D eigenvalue weighted by atomic mass is 9.92. The van der Waals surface area contributed by atoms with E-state index in [9.17, 15) is 14.4 Å². The van der Waals surface area contributed by atoms with Crippen LogP contribution in [-0.2, 0) is 11.2 Å². The second-order valence-electron chi connectivity index (χ2n) is 7.81. The van der Waals surface area contributed by atoms with Crippen LogP contribution in [0.3, 0.4) is 0 Å². The van der Waals surface area contributed by atoms with Gasteiger partial charge in [-0.2, -0.15) is 0 Å². The molecule has 0 bridgehead atoms. The van der Waals surface area contributed by atoms with Crippen LogP contribution in [0.1, 0.15) is 64.6 Å². The summed E-state index contributed by atoms with van der Waals surface area (Å²) >= 11 is 0. The van der Waals surface area contributed by atoms with Crippen molar-refractivity contribution in [1.29, 1.82) is 0 Å². The fourth-order valence-electron chi connectivity index (χ4n) is 4.40. The number of fused-ring (bicyclic) bond motifs is 3. The van der Waals surface area contributed by atoms with Crippen LogP contribution in [0.25, 0.3) is 0 Å². The van der Waals surface area contributed by atoms with Gasteiger partial charge in [-0.25, -0.2) is 0 Å². The quantitative estimate of drug-likeness (QED) is 0.716. The Hall–Kier alpha value is -2.70. The van der Waals surface area contributed by atoms with Crippen LogP contribution >= 0.6 is 12.4 Å². The van der Waals surface area contributed by atoms with Crippen molar-refractivity contribution in [1.82, 2.24) is 4.90 Å². The highest BCUT2D eigenvalue weighted by molar-refractivity contribution is 6.09. The molecule has 1 fully saturated rings. The van der Waals surface area contributed by atoms with Crippen LogP contribution in [0.2, 0.25) is 0 Å². The summed E-state index contributed by atoms with van der Waals surface area (Å²) < 4.78 is 0. The molecule has 0 aromatic heterocycles. The Balaban J connectivity index is 0.00000256. The minimum absolute atomic E-state index is 0. The number of benzene rings is 2. The Morgan fingerprint density at radius 1 is 1.00 bits per heavy atom. The third kappa shape index (κ3) is 4.40. The number of hydrogen-bond donors (Lipinski definition) is 2. The molecule has 1 saturated heterocycles. The number of ketones is 1. The van der Waals surface area contributed by atoms with Crippen molar-refractivity contribution in [2.24, 2.45) is 0 Å². The monoisotopic (exact) mass is 427 g/mol. The van der Waals surface area contributed by atoms with E-state index in [1.165, 1.54) is 37.5 Å². The minimum atomic E-state index is -0.277. The van der Waals surface area contributed by atoms with Crippen molar-refractivity contribution in [3.05, 3.63) is 58.7 Å². The molecule has 2 aliphatic rings. The minimum Gasteiger partial charge on any atom is -0.326 e. The molecule has 7 heteroatoms. The molecule has 0 spiro atoms. The van der Waals surface area contributed by atoms with E-state index in [2.05, 4.69) is 27.7 Å². The second kappa shape index (κ2) is 8.98. The summed E-state index contributed by atoms with van der Waals surface area (Å²) in [5.74, 6) is -0.751. The lowest BCUT2D eigenvalue weighted by Crippen LogP contribution is -2.31. The van der Waals surface area contributed by atoms with Crippen molar-refractivity contribution in [3.63, 3.8) is 0 Å². The normalized spacial score (nSPS) is 17.3. The van der Waals surface area contributed by atoms with Crippen LogP contribution in [0, 0.1) is 0 Å². The van der Waals surface area contributed by atoms with Gasteiger partial charge in [0.15, 0.2) is 5.78 Å². The van der Waals surface area contributed by atoms with Crippen LogP contribution in [0.5, 0.6) is 0 Å². The van der Waals surface area contributed by atoms with Crippen LogP contribution in [-0.4, -0.2) is 35.6 Å². The topological polar surface area (TPSA) is 78.5 Å². The molecular weight excluding hydrogens is 402 g/mol. The zero-order valence-corrected chi connectivity index (χ0v) is 18.0. The average molecular weight is 428 g/mol. The van der Waals surface area contributed by atoms with Crippen molar-refractivity contribution < 1.29 is 14.4 Å². The Morgan fingerprint density at radius 2 is 1.80 bits per heavy atom. The van der Waals surface area contributed by atoms with E-state index in [4.69, 9.17) is 0 Å². The van der Waals surface area contributed by atoms with Crippen molar-refractivity contribution >= 4 is 41.4 Å². The molecule has 4 rings (SSSR count). The number of rotatable bonds is 4. The first-order chi connectivity index (χ1) is 13.9. The van der Waals surface area contributed by atoms with E-state index in [1.54, 1.807) is 12.1 Å². The summed E-state index contributed by atoms with van der Waals surface area (Å²) in [6.07, 6.45) is 3.43. The molecule has 30 heavy (non-hydrogen) atoms. The zero-order valence-electron chi connectivity index (χ0n) is 17.2. The predicted octanol–water partition coefficient (Wildman–Crippen LogP) is 4.21. The van der Waals surface area contributed by atoms with Gasteiger partial charge in [0.2, 0.25) is 5.91 Å². The molecular formula is C23H26ClN3O3. The third-order valence-electron chi connectivity index (χ3n) is 5.77. The molecule has 1 unspecified atom stereocenters. The molecule has 2 aliphatic heterocycles. The van der Waals surface area contributed by atoms with Gasteiger partial charge < -0.3 is 10.6 Å². The SMILES string of the molecule is CC(=O)Nc1ccc(C(=O)Nc2ccc3c(c2)C2CCCN2CC3)cc1C(C)=O.Cl. The average Bonchev–Trinajstić information content (AvgIpc) is 3.17. The fraction of sp³-hybridized carbons (Fsp3) is 0.348. The van der Waals surface area contributed by atoms with Crippen molar-refractivity contribution in [3.8, 4) is 0 Å². The maximum Gasteiger partial charge on any atom is 0.255 e. The van der Waals surface area contributed by atoms with Crippen LogP contribution in [0.4, 0.5) is 11.4 Å². The number of nitrogens with one attached hydrogen (secondary N) is 2. The lowest BCUT2D eigenvalue weighted by molar-refractivity contribution is -0.114. The van der Waals surface area contributed by atoms with Gasteiger partial charge in [-0.15, -0.1) is 12.4 Å². The maximum atomic E-state index is 12.8. The van der Waals surface area contributed by atoms with Gasteiger partial charge in [0.25, 0.3) is 5.91 Å². The molecule has 2 aromatic carbocycles. The fourth-order valence-corrected chi connectivity index (χ4v) is 4.40. The Bertz CT molecular complexity index is 1010. The number of halogens is 1. The summed E-state index contributed by atoms with van der Waals surface area (Å²) in [6, 6.07) is 11.3. The first-order valence-electron chi connectivity index (χ1n) is 10.0. The Kier molecular flexibility index (Phi) is 6.58. The first-order valence-corrected chi connectivity index (χ1v) is 10.0. The highest BCUT2D eigenvalue weighted by atomic mass is 35.5. The van der Waals surface area contributed by atoms with E-state index >= 15 is 0 Å². The molecule has 0 saturated carbocycles. The molecule has 2 aromatic rings. The largest absolute Gasteiger partial charge is 0.326 e. The smallest absolute Gasteiger partial charge is 0.255 e. The number of carbonyl (C=O) groups excluding carboxylic acids is 3. The van der Waals surface area contributed by atoms with E-state index in [-0.39, 0.29) is 30.0 Å². The standard InChI is InChI=1S/C23H25N3O3.ClH/c1-14(27)19-12-17(6-8-21(19)24-15(2)28)23(29)25-18-7-5-16-9-11-26-10-3-4-22(26)20(16)13-18;/h5-8,12-13,22H,3-4,9-11H2,1-2H3,(H,24,28)(H,25,29);1H. The lowest BCUT2D eigenvalue weighted by Gasteiger charge is -2.32. The van der Waals surface area contributed by atoms with Crippen LogP contribution < -0.4 is 10.6 Å². The van der Waals surface area contributed by atoms with Gasteiger partial charge in [-0.05, 0) is 74.2 Å². The Morgan fingerprint density at radius 3 is 2.53 bits per heavy atom. The van der Waals surface area contributed by atoms with E-state index in [0.29, 0.717) is 22.9 Å². The highest BCUT2D eigenvalue weighted by Gasteiger charge is 2.31. The van der Waals surface area contributed by atoms with Crippen molar-refractivity contribution in [2.45, 2.75) is 39.2 Å². The Labute approximate surface area is 182 Å². The summed E-state index contributed by atoms with van der Waals surface area (Å²) in [5.41, 5.74) is 4.56. The summed E-state index contributed by atoms with van der Waals surface area (Å²) in [4.78, 5) is 38.6. The molecule has 0 radical (unpaired) electrons. The first kappa shape index (κ1) is 22.0. The summed E-state index contributed by atoms with van der Waals surface area (Å²) in [7, 11) is 0. The van der Waals surface area contributed by atoms with Crippen molar-refractivity contribution in [2.75, 3.05) is 23.7 Å². The number of nitrogens with zero attached hydrogens (tertiary/aromatic N) is 1. The number of hydrogen-bond acceptors (Lipinski definition) is 4. The number of carbonyl (C=O) groups is 3. The van der Waals surface area contributed by atoms with Gasteiger partial charge in [0.05, 0.1) is 5.69 Å². The van der Waals surface area contributed by atoms with E-state index < -0.39 is 0 Å². The number of amides is 2.